The average Bonchev–Trinajstić information content (AvgIpc) is 2.84. The maximum atomic E-state index is 10.1. The van der Waals surface area contributed by atoms with Gasteiger partial charge in [-0.3, -0.25) is 0 Å². The van der Waals surface area contributed by atoms with E-state index >= 15 is 0 Å². The van der Waals surface area contributed by atoms with Crippen molar-refractivity contribution in [2.75, 3.05) is 0 Å². The third-order valence-corrected chi connectivity index (χ3v) is 8.50. The molecule has 0 heterocycles. The van der Waals surface area contributed by atoms with E-state index in [0.717, 1.165) is 48.6 Å². The number of hydrogen-bond donors (Lipinski definition) is 2. The van der Waals surface area contributed by atoms with Crippen LogP contribution in [0.2, 0.25) is 0 Å². The van der Waals surface area contributed by atoms with Crippen LogP contribution in [0.1, 0.15) is 71.6 Å². The lowest BCUT2D eigenvalue weighted by Crippen LogP contribution is -2.54. The Labute approximate surface area is 134 Å². The van der Waals surface area contributed by atoms with Crippen LogP contribution < -0.4 is 0 Å². The number of aliphatic hydroxyl groups is 1. The summed E-state index contributed by atoms with van der Waals surface area (Å²) in [5, 5.41) is 23.1. The van der Waals surface area contributed by atoms with Gasteiger partial charge in [-0.2, -0.15) is 0 Å². The molecule has 3 nitrogen and oxygen atoms in total. The lowest BCUT2D eigenvalue weighted by Gasteiger charge is -2.60. The fourth-order valence-electron chi connectivity index (χ4n) is 7.19. The molecule has 0 unspecified atom stereocenters. The van der Waals surface area contributed by atoms with Gasteiger partial charge in [-0.15, -0.1) is 0 Å². The molecule has 2 N–H and O–H groups in total. The van der Waals surface area contributed by atoms with E-state index in [1.807, 2.05) is 0 Å². The highest BCUT2D eigenvalue weighted by atomic mass is 16.4. The monoisotopic (exact) mass is 305 g/mol. The second-order valence-corrected chi connectivity index (χ2v) is 9.13. The molecule has 4 fully saturated rings. The smallest absolute Gasteiger partial charge is 0.0632 e. The number of nitrogens with zero attached hydrogens (tertiary/aromatic N) is 1. The molecule has 0 aliphatic heterocycles. The Balaban J connectivity index is 1.63. The Kier molecular flexibility index (Phi) is 3.38. The summed E-state index contributed by atoms with van der Waals surface area (Å²) in [5.74, 6) is 3.10. The zero-order valence-corrected chi connectivity index (χ0v) is 14.1. The van der Waals surface area contributed by atoms with Gasteiger partial charge in [-0.25, -0.2) is 0 Å². The number of oxime groups is 1. The zero-order valence-electron chi connectivity index (χ0n) is 14.1. The van der Waals surface area contributed by atoms with Crippen LogP contribution in [-0.4, -0.2) is 22.1 Å². The average molecular weight is 305 g/mol. The maximum Gasteiger partial charge on any atom is 0.0632 e. The van der Waals surface area contributed by atoms with E-state index in [2.05, 4.69) is 19.0 Å². The number of rotatable bonds is 0. The third kappa shape index (κ3) is 1.87. The van der Waals surface area contributed by atoms with Crippen LogP contribution in [-0.2, 0) is 0 Å². The lowest BCUT2D eigenvalue weighted by molar-refractivity contribution is -0.114. The highest BCUT2D eigenvalue weighted by molar-refractivity contribution is 5.91. The van der Waals surface area contributed by atoms with Crippen molar-refractivity contribution >= 4 is 5.71 Å². The minimum atomic E-state index is -0.0527. The molecule has 4 saturated carbocycles. The van der Waals surface area contributed by atoms with Crippen molar-refractivity contribution in [2.45, 2.75) is 77.7 Å². The van der Waals surface area contributed by atoms with Crippen LogP contribution in [0.5, 0.6) is 0 Å². The van der Waals surface area contributed by atoms with Gasteiger partial charge in [0, 0.05) is 5.41 Å². The van der Waals surface area contributed by atoms with E-state index < -0.39 is 0 Å². The van der Waals surface area contributed by atoms with E-state index in [9.17, 15) is 10.3 Å². The summed E-state index contributed by atoms with van der Waals surface area (Å²) in [7, 11) is 0. The van der Waals surface area contributed by atoms with Crippen LogP contribution >= 0.6 is 0 Å². The van der Waals surface area contributed by atoms with E-state index in [0.29, 0.717) is 5.41 Å². The lowest BCUT2D eigenvalue weighted by atomic mass is 9.45. The molecule has 7 atom stereocenters. The Bertz CT molecular complexity index is 490. The SMILES string of the molecule is C[C@]12CC[C@@H](O)C[C@@H]1CC[C@H]1[C@H]3CC/C(=N/O)[C@@]3(C)CC[C@@H]12. The van der Waals surface area contributed by atoms with Crippen molar-refractivity contribution in [3.05, 3.63) is 0 Å². The Morgan fingerprint density at radius 1 is 1.00 bits per heavy atom. The molecule has 4 aliphatic rings. The first-order valence-corrected chi connectivity index (χ1v) is 9.38. The highest BCUT2D eigenvalue weighted by Gasteiger charge is 2.59. The van der Waals surface area contributed by atoms with Crippen LogP contribution in [0.4, 0.5) is 0 Å². The van der Waals surface area contributed by atoms with Crippen LogP contribution in [0, 0.1) is 34.5 Å². The van der Waals surface area contributed by atoms with Gasteiger partial charge < -0.3 is 10.3 Å². The Hall–Kier alpha value is -0.570. The molecule has 0 saturated heterocycles. The molecule has 124 valence electrons. The first-order chi connectivity index (χ1) is 10.5. The Morgan fingerprint density at radius 3 is 2.59 bits per heavy atom. The molecule has 0 aromatic carbocycles. The van der Waals surface area contributed by atoms with Crippen LogP contribution in [0.3, 0.4) is 0 Å². The molecule has 4 rings (SSSR count). The normalized spacial score (nSPS) is 56.3. The summed E-state index contributed by atoms with van der Waals surface area (Å²) in [6.45, 7) is 4.88. The molecule has 0 aromatic heterocycles. The van der Waals surface area contributed by atoms with Crippen molar-refractivity contribution < 1.29 is 10.3 Å². The largest absolute Gasteiger partial charge is 0.411 e. The zero-order chi connectivity index (χ0) is 15.5. The van der Waals surface area contributed by atoms with Crippen molar-refractivity contribution in [3.63, 3.8) is 0 Å². The van der Waals surface area contributed by atoms with Gasteiger partial charge >= 0.3 is 0 Å². The van der Waals surface area contributed by atoms with Crippen molar-refractivity contribution in [1.82, 2.24) is 0 Å². The third-order valence-electron chi connectivity index (χ3n) is 8.50. The predicted octanol–water partition coefficient (Wildman–Crippen LogP) is 4.22. The molecule has 0 radical (unpaired) electrons. The van der Waals surface area contributed by atoms with Gasteiger partial charge in [0.15, 0.2) is 0 Å². The van der Waals surface area contributed by atoms with Crippen molar-refractivity contribution in [3.8, 4) is 0 Å². The van der Waals surface area contributed by atoms with Crippen molar-refractivity contribution in [2.24, 2.45) is 39.7 Å². The molecule has 0 bridgehead atoms. The van der Waals surface area contributed by atoms with E-state index in [1.54, 1.807) is 0 Å². The topological polar surface area (TPSA) is 52.8 Å². The molecule has 22 heavy (non-hydrogen) atoms. The minimum absolute atomic E-state index is 0.0527. The van der Waals surface area contributed by atoms with Gasteiger partial charge in [0.2, 0.25) is 0 Å². The molecule has 0 aromatic rings. The van der Waals surface area contributed by atoms with Gasteiger partial charge in [0.1, 0.15) is 0 Å². The van der Waals surface area contributed by atoms with Crippen LogP contribution in [0.15, 0.2) is 5.16 Å². The summed E-state index contributed by atoms with van der Waals surface area (Å²) in [5.41, 5.74) is 1.68. The van der Waals surface area contributed by atoms with E-state index in [1.165, 1.54) is 38.5 Å². The fourth-order valence-corrected chi connectivity index (χ4v) is 7.19. The van der Waals surface area contributed by atoms with Gasteiger partial charge in [-0.05, 0) is 86.9 Å². The first-order valence-electron chi connectivity index (χ1n) is 9.38. The molecular weight excluding hydrogens is 274 g/mol. The van der Waals surface area contributed by atoms with Crippen LogP contribution in [0.25, 0.3) is 0 Å². The maximum absolute atomic E-state index is 10.1. The first kappa shape index (κ1) is 15.0. The second-order valence-electron chi connectivity index (χ2n) is 9.13. The van der Waals surface area contributed by atoms with E-state index in [-0.39, 0.29) is 11.5 Å². The minimum Gasteiger partial charge on any atom is -0.411 e. The molecule has 0 amide bonds. The van der Waals surface area contributed by atoms with Crippen molar-refractivity contribution in [1.29, 1.82) is 0 Å². The second kappa shape index (κ2) is 4.96. The molecule has 3 heteroatoms. The standard InChI is InChI=1S/C19H31NO2/c1-18-9-7-13(21)11-12(18)3-4-14-15-5-6-17(20-22)19(15,2)10-8-16(14)18/h12-16,21-22H,3-11H2,1-2H3/b20-17-/t12-,13+,14-,15+,16-,18-,19-/m0/s1. The summed E-state index contributed by atoms with van der Waals surface area (Å²) in [4.78, 5) is 0. The summed E-state index contributed by atoms with van der Waals surface area (Å²) in [6, 6.07) is 0. The number of hydrogen-bond acceptors (Lipinski definition) is 3. The predicted molar refractivity (Wildman–Crippen MR) is 87.0 cm³/mol. The highest BCUT2D eigenvalue weighted by Crippen LogP contribution is 2.65. The number of aliphatic hydroxyl groups excluding tert-OH is 1. The molecular formula is C19H31NO2. The summed E-state index contributed by atoms with van der Waals surface area (Å²) in [6.07, 6.45) is 10.5. The van der Waals surface area contributed by atoms with Gasteiger partial charge in [-0.1, -0.05) is 19.0 Å². The summed E-state index contributed by atoms with van der Waals surface area (Å²) < 4.78 is 0. The fraction of sp³-hybridized carbons (Fsp3) is 0.947. The van der Waals surface area contributed by atoms with Gasteiger partial charge in [0.25, 0.3) is 0 Å². The number of fused-ring (bicyclic) bond motifs is 5. The van der Waals surface area contributed by atoms with Gasteiger partial charge in [0.05, 0.1) is 11.8 Å². The quantitative estimate of drug-likeness (QED) is 0.520. The van der Waals surface area contributed by atoms with E-state index in [4.69, 9.17) is 0 Å². The molecule has 0 spiro atoms. The Morgan fingerprint density at radius 2 is 1.82 bits per heavy atom. The summed E-state index contributed by atoms with van der Waals surface area (Å²) >= 11 is 0. The molecule has 4 aliphatic carbocycles.